The standard InChI is InChI=1S/C14H20N4OS/c1-7(2)5-11(19)17-12-8(3)6-10-13(9(12)4)20-14(16-10)18-15/h6-7H,5,15H2,1-4H3,(H,16,18)(H,17,19). The molecule has 5 nitrogen and oxygen atoms in total. The smallest absolute Gasteiger partial charge is 0.224 e. The van der Waals surface area contributed by atoms with Crippen molar-refractivity contribution < 1.29 is 4.79 Å². The molecule has 1 amide bonds. The minimum absolute atomic E-state index is 0.0484. The lowest BCUT2D eigenvalue weighted by Gasteiger charge is -2.13. The number of aromatic nitrogens is 1. The zero-order valence-corrected chi connectivity index (χ0v) is 13.0. The average Bonchev–Trinajstić information content (AvgIpc) is 2.76. The van der Waals surface area contributed by atoms with Crippen molar-refractivity contribution in [3.8, 4) is 0 Å². The van der Waals surface area contributed by atoms with Gasteiger partial charge in [0, 0.05) is 12.1 Å². The number of hydrogen-bond donors (Lipinski definition) is 3. The van der Waals surface area contributed by atoms with Crippen LogP contribution in [0.4, 0.5) is 10.8 Å². The maximum Gasteiger partial charge on any atom is 0.224 e. The van der Waals surface area contributed by atoms with Crippen LogP contribution in [0.25, 0.3) is 10.2 Å². The second-order valence-corrected chi connectivity index (χ2v) is 6.35. The maximum atomic E-state index is 12.0. The van der Waals surface area contributed by atoms with Gasteiger partial charge in [0.25, 0.3) is 0 Å². The number of carbonyl (C=O) groups excluding carboxylic acids is 1. The van der Waals surface area contributed by atoms with Gasteiger partial charge in [-0.2, -0.15) is 0 Å². The van der Waals surface area contributed by atoms with Crippen molar-refractivity contribution in [3.63, 3.8) is 0 Å². The fourth-order valence-electron chi connectivity index (χ4n) is 2.20. The highest BCUT2D eigenvalue weighted by Gasteiger charge is 2.14. The van der Waals surface area contributed by atoms with Crippen molar-refractivity contribution in [1.29, 1.82) is 0 Å². The molecule has 0 radical (unpaired) electrons. The van der Waals surface area contributed by atoms with Gasteiger partial charge in [-0.05, 0) is 37.0 Å². The van der Waals surface area contributed by atoms with Crippen LogP contribution in [0.3, 0.4) is 0 Å². The summed E-state index contributed by atoms with van der Waals surface area (Å²) in [6.45, 7) is 8.04. The van der Waals surface area contributed by atoms with Gasteiger partial charge in [0.15, 0.2) is 5.13 Å². The Morgan fingerprint density at radius 2 is 2.15 bits per heavy atom. The first-order valence-electron chi connectivity index (χ1n) is 6.59. The van der Waals surface area contributed by atoms with Crippen molar-refractivity contribution in [2.24, 2.45) is 11.8 Å². The van der Waals surface area contributed by atoms with E-state index in [9.17, 15) is 4.79 Å². The second-order valence-electron chi connectivity index (χ2n) is 5.35. The molecule has 4 N–H and O–H groups in total. The van der Waals surface area contributed by atoms with E-state index in [-0.39, 0.29) is 5.91 Å². The predicted octanol–water partition coefficient (Wildman–Crippen LogP) is 3.18. The van der Waals surface area contributed by atoms with Crippen LogP contribution in [-0.2, 0) is 4.79 Å². The minimum Gasteiger partial charge on any atom is -0.326 e. The summed E-state index contributed by atoms with van der Waals surface area (Å²) in [5.74, 6) is 5.80. The number of thiazole rings is 1. The van der Waals surface area contributed by atoms with Gasteiger partial charge in [-0.15, -0.1) is 0 Å². The average molecular weight is 292 g/mol. The van der Waals surface area contributed by atoms with E-state index in [2.05, 4.69) is 15.7 Å². The number of nitrogens with two attached hydrogens (primary N) is 1. The van der Waals surface area contributed by atoms with Crippen LogP contribution in [0.5, 0.6) is 0 Å². The molecule has 2 aromatic rings. The summed E-state index contributed by atoms with van der Waals surface area (Å²) in [5.41, 5.74) is 6.41. The zero-order chi connectivity index (χ0) is 14.9. The first-order valence-corrected chi connectivity index (χ1v) is 7.41. The Hall–Kier alpha value is -1.66. The highest BCUT2D eigenvalue weighted by atomic mass is 32.1. The number of nitrogens with one attached hydrogen (secondary N) is 2. The number of amides is 1. The van der Waals surface area contributed by atoms with E-state index in [0.29, 0.717) is 17.5 Å². The molecule has 1 aromatic carbocycles. The molecule has 2 rings (SSSR count). The molecule has 0 saturated heterocycles. The molecule has 6 heteroatoms. The van der Waals surface area contributed by atoms with Gasteiger partial charge in [-0.3, -0.25) is 10.2 Å². The monoisotopic (exact) mass is 292 g/mol. The largest absolute Gasteiger partial charge is 0.326 e. The summed E-state index contributed by atoms with van der Waals surface area (Å²) >= 11 is 1.49. The van der Waals surface area contributed by atoms with Crippen molar-refractivity contribution >= 4 is 38.3 Å². The van der Waals surface area contributed by atoms with E-state index in [1.54, 1.807) is 0 Å². The molecule has 1 heterocycles. The van der Waals surface area contributed by atoms with Crippen LogP contribution in [0.2, 0.25) is 0 Å². The molecule has 0 saturated carbocycles. The fraction of sp³-hybridized carbons (Fsp3) is 0.429. The summed E-state index contributed by atoms with van der Waals surface area (Å²) in [4.78, 5) is 16.4. The third-order valence-electron chi connectivity index (χ3n) is 3.10. The van der Waals surface area contributed by atoms with Gasteiger partial charge in [0.1, 0.15) is 0 Å². The summed E-state index contributed by atoms with van der Waals surface area (Å²) in [6.07, 6.45) is 0.523. The van der Waals surface area contributed by atoms with E-state index in [1.807, 2.05) is 33.8 Å². The molecule has 0 bridgehead atoms. The molecular weight excluding hydrogens is 272 g/mol. The van der Waals surface area contributed by atoms with Crippen LogP contribution in [0.15, 0.2) is 6.07 Å². The van der Waals surface area contributed by atoms with Crippen LogP contribution in [0.1, 0.15) is 31.4 Å². The minimum atomic E-state index is 0.0484. The summed E-state index contributed by atoms with van der Waals surface area (Å²) in [5, 5.41) is 3.69. The number of anilines is 2. The van der Waals surface area contributed by atoms with Gasteiger partial charge in [0.05, 0.1) is 10.2 Å². The van der Waals surface area contributed by atoms with Crippen molar-refractivity contribution in [1.82, 2.24) is 4.98 Å². The first kappa shape index (κ1) is 14.7. The quantitative estimate of drug-likeness (QED) is 0.597. The molecule has 0 aliphatic rings. The van der Waals surface area contributed by atoms with Gasteiger partial charge < -0.3 is 5.32 Å². The highest BCUT2D eigenvalue weighted by Crippen LogP contribution is 2.34. The van der Waals surface area contributed by atoms with E-state index < -0.39 is 0 Å². The highest BCUT2D eigenvalue weighted by molar-refractivity contribution is 7.22. The maximum absolute atomic E-state index is 12.0. The molecule has 0 aliphatic carbocycles. The molecule has 0 spiro atoms. The summed E-state index contributed by atoms with van der Waals surface area (Å²) < 4.78 is 1.04. The van der Waals surface area contributed by atoms with Crippen LogP contribution in [0, 0.1) is 19.8 Å². The third-order valence-corrected chi connectivity index (χ3v) is 4.22. The number of aryl methyl sites for hydroxylation is 2. The Kier molecular flexibility index (Phi) is 4.25. The SMILES string of the molecule is Cc1cc2nc(NN)sc2c(C)c1NC(=O)CC(C)C. The Labute approximate surface area is 122 Å². The molecular formula is C14H20N4OS. The van der Waals surface area contributed by atoms with Crippen LogP contribution < -0.4 is 16.6 Å². The molecule has 0 aliphatic heterocycles. The number of rotatable bonds is 4. The second kappa shape index (κ2) is 5.76. The number of nitrogens with zero attached hydrogens (tertiary/aromatic N) is 1. The topological polar surface area (TPSA) is 80.0 Å². The van der Waals surface area contributed by atoms with E-state index in [1.165, 1.54) is 11.3 Å². The summed E-state index contributed by atoms with van der Waals surface area (Å²) in [7, 11) is 0. The van der Waals surface area contributed by atoms with Gasteiger partial charge in [0.2, 0.25) is 5.91 Å². The van der Waals surface area contributed by atoms with Gasteiger partial charge >= 0.3 is 0 Å². The number of hydrogen-bond acceptors (Lipinski definition) is 5. The van der Waals surface area contributed by atoms with E-state index in [0.717, 1.165) is 27.0 Å². The van der Waals surface area contributed by atoms with Crippen LogP contribution >= 0.6 is 11.3 Å². The van der Waals surface area contributed by atoms with Crippen molar-refractivity contribution in [2.45, 2.75) is 34.1 Å². The molecule has 0 atom stereocenters. The van der Waals surface area contributed by atoms with E-state index >= 15 is 0 Å². The molecule has 0 unspecified atom stereocenters. The lowest BCUT2D eigenvalue weighted by atomic mass is 10.1. The molecule has 108 valence electrons. The number of nitrogen functional groups attached to an aromatic ring is 1. The van der Waals surface area contributed by atoms with Crippen molar-refractivity contribution in [2.75, 3.05) is 10.7 Å². The van der Waals surface area contributed by atoms with Gasteiger partial charge in [-0.25, -0.2) is 10.8 Å². The van der Waals surface area contributed by atoms with E-state index in [4.69, 9.17) is 5.84 Å². The third kappa shape index (κ3) is 2.91. The number of carbonyl (C=O) groups is 1. The Balaban J connectivity index is 2.40. The Bertz CT molecular complexity index is 648. The number of hydrazine groups is 1. The van der Waals surface area contributed by atoms with Crippen molar-refractivity contribution in [3.05, 3.63) is 17.2 Å². The predicted molar refractivity (Wildman–Crippen MR) is 85.0 cm³/mol. The normalized spacial score (nSPS) is 11.1. The lowest BCUT2D eigenvalue weighted by molar-refractivity contribution is -0.116. The Morgan fingerprint density at radius 3 is 2.75 bits per heavy atom. The number of benzene rings is 1. The number of fused-ring (bicyclic) bond motifs is 1. The first-order chi connectivity index (χ1) is 9.42. The zero-order valence-electron chi connectivity index (χ0n) is 12.2. The molecule has 1 aromatic heterocycles. The van der Waals surface area contributed by atoms with Gasteiger partial charge in [-0.1, -0.05) is 25.2 Å². The molecule has 0 fully saturated rings. The lowest BCUT2D eigenvalue weighted by Crippen LogP contribution is -2.15. The Morgan fingerprint density at radius 1 is 1.45 bits per heavy atom. The molecule has 20 heavy (non-hydrogen) atoms. The fourth-order valence-corrected chi connectivity index (χ4v) is 3.06. The van der Waals surface area contributed by atoms with Crippen LogP contribution in [-0.4, -0.2) is 10.9 Å². The summed E-state index contributed by atoms with van der Waals surface area (Å²) in [6, 6.07) is 1.98.